The van der Waals surface area contributed by atoms with Crippen molar-refractivity contribution in [3.8, 4) is 0 Å². The molecule has 2 aromatic carbocycles. The Bertz CT molecular complexity index is 987. The first-order valence-corrected chi connectivity index (χ1v) is 9.87. The lowest BCUT2D eigenvalue weighted by Gasteiger charge is -2.16. The Balaban J connectivity index is 1.30. The van der Waals surface area contributed by atoms with Crippen LogP contribution in [0, 0.1) is 0 Å². The first-order valence-electron chi connectivity index (χ1n) is 8.99. The van der Waals surface area contributed by atoms with Gasteiger partial charge >= 0.3 is 5.97 Å². The predicted molar refractivity (Wildman–Crippen MR) is 109 cm³/mol. The minimum absolute atomic E-state index is 0.204. The minimum Gasteiger partial charge on any atom is -0.451 e. The monoisotopic (exact) mass is 393 g/mol. The molecule has 0 fully saturated rings. The van der Waals surface area contributed by atoms with E-state index in [0.717, 1.165) is 23.2 Å². The fraction of sp³-hybridized carbons (Fsp3) is 0.190. The molecule has 4 rings (SSSR count). The molecular weight excluding hydrogens is 374 g/mol. The van der Waals surface area contributed by atoms with Crippen molar-refractivity contribution in [1.29, 1.82) is 0 Å². The van der Waals surface area contributed by atoms with Crippen LogP contribution in [0.1, 0.15) is 21.6 Å². The average molecular weight is 393 g/mol. The van der Waals surface area contributed by atoms with E-state index in [-0.39, 0.29) is 18.2 Å². The molecule has 1 aliphatic heterocycles. The summed E-state index contributed by atoms with van der Waals surface area (Å²) in [7, 11) is 0. The number of para-hydroxylation sites is 1. The first-order chi connectivity index (χ1) is 13.7. The van der Waals surface area contributed by atoms with Gasteiger partial charge in [0, 0.05) is 24.2 Å². The molecule has 0 radical (unpaired) electrons. The normalized spacial score (nSPS) is 12.5. The molecule has 0 unspecified atom stereocenters. The van der Waals surface area contributed by atoms with Crippen LogP contribution in [-0.2, 0) is 22.5 Å². The zero-order valence-corrected chi connectivity index (χ0v) is 15.9. The molecule has 0 aliphatic carbocycles. The SMILES string of the molecule is O=C(OCC(=O)N1CCc2ccccc21)c1csc(NCc2ccccc2)n1. The zero-order valence-electron chi connectivity index (χ0n) is 15.1. The molecule has 3 aromatic rings. The topological polar surface area (TPSA) is 71.5 Å². The van der Waals surface area contributed by atoms with Gasteiger partial charge in [0.05, 0.1) is 0 Å². The van der Waals surface area contributed by atoms with E-state index in [0.29, 0.717) is 18.2 Å². The number of hydrogen-bond donors (Lipinski definition) is 1. The number of anilines is 2. The van der Waals surface area contributed by atoms with Gasteiger partial charge in [0.1, 0.15) is 0 Å². The molecule has 1 amide bonds. The molecule has 1 aromatic heterocycles. The van der Waals surface area contributed by atoms with Crippen molar-refractivity contribution in [1.82, 2.24) is 4.98 Å². The van der Waals surface area contributed by atoms with E-state index in [1.54, 1.807) is 10.3 Å². The predicted octanol–water partition coefficient (Wildman–Crippen LogP) is 3.50. The number of fused-ring (bicyclic) bond motifs is 1. The molecule has 0 saturated carbocycles. The maximum absolute atomic E-state index is 12.4. The maximum Gasteiger partial charge on any atom is 0.358 e. The van der Waals surface area contributed by atoms with Crippen LogP contribution in [0.2, 0.25) is 0 Å². The van der Waals surface area contributed by atoms with Crippen molar-refractivity contribution in [3.63, 3.8) is 0 Å². The Morgan fingerprint density at radius 2 is 1.89 bits per heavy atom. The highest BCUT2D eigenvalue weighted by atomic mass is 32.1. The van der Waals surface area contributed by atoms with Crippen LogP contribution in [0.25, 0.3) is 0 Å². The van der Waals surface area contributed by atoms with Crippen molar-refractivity contribution in [2.24, 2.45) is 0 Å². The first kappa shape index (κ1) is 18.2. The Morgan fingerprint density at radius 1 is 1.11 bits per heavy atom. The molecule has 0 bridgehead atoms. The minimum atomic E-state index is -0.593. The van der Waals surface area contributed by atoms with Gasteiger partial charge in [-0.15, -0.1) is 11.3 Å². The lowest BCUT2D eigenvalue weighted by atomic mass is 10.2. The summed E-state index contributed by atoms with van der Waals surface area (Å²) in [5, 5.41) is 5.45. The molecule has 7 heteroatoms. The molecule has 142 valence electrons. The number of rotatable bonds is 6. The van der Waals surface area contributed by atoms with Gasteiger partial charge in [-0.25, -0.2) is 9.78 Å². The third-order valence-corrected chi connectivity index (χ3v) is 5.31. The quantitative estimate of drug-likeness (QED) is 0.649. The molecule has 0 atom stereocenters. The van der Waals surface area contributed by atoms with Gasteiger partial charge in [0.15, 0.2) is 17.4 Å². The number of amides is 1. The number of carbonyl (C=O) groups excluding carboxylic acids is 2. The Kier molecular flexibility index (Phi) is 5.34. The van der Waals surface area contributed by atoms with Gasteiger partial charge in [-0.3, -0.25) is 4.79 Å². The summed E-state index contributed by atoms with van der Waals surface area (Å²) in [5.74, 6) is -0.819. The molecule has 28 heavy (non-hydrogen) atoms. The van der Waals surface area contributed by atoms with Gasteiger partial charge in [-0.2, -0.15) is 0 Å². The number of aromatic nitrogens is 1. The highest BCUT2D eigenvalue weighted by molar-refractivity contribution is 7.13. The van der Waals surface area contributed by atoms with Crippen LogP contribution in [0.4, 0.5) is 10.8 Å². The van der Waals surface area contributed by atoms with Crippen molar-refractivity contribution in [2.45, 2.75) is 13.0 Å². The van der Waals surface area contributed by atoms with E-state index in [4.69, 9.17) is 4.74 Å². The van der Waals surface area contributed by atoms with E-state index < -0.39 is 5.97 Å². The van der Waals surface area contributed by atoms with Gasteiger partial charge in [-0.1, -0.05) is 48.5 Å². The van der Waals surface area contributed by atoms with Crippen LogP contribution in [0.3, 0.4) is 0 Å². The number of nitrogens with zero attached hydrogens (tertiary/aromatic N) is 2. The summed E-state index contributed by atoms with van der Waals surface area (Å²) in [4.78, 5) is 30.6. The van der Waals surface area contributed by atoms with E-state index in [1.807, 2.05) is 54.6 Å². The third-order valence-electron chi connectivity index (χ3n) is 4.51. The van der Waals surface area contributed by atoms with Crippen LogP contribution in [0.15, 0.2) is 60.0 Å². The fourth-order valence-electron chi connectivity index (χ4n) is 3.10. The third kappa shape index (κ3) is 4.04. The lowest BCUT2D eigenvalue weighted by molar-refractivity contribution is -0.121. The van der Waals surface area contributed by atoms with Gasteiger partial charge < -0.3 is 15.0 Å². The molecule has 6 nitrogen and oxygen atoms in total. The summed E-state index contributed by atoms with van der Waals surface area (Å²) in [5.41, 5.74) is 3.36. The van der Waals surface area contributed by atoms with Crippen molar-refractivity contribution in [2.75, 3.05) is 23.4 Å². The fourth-order valence-corrected chi connectivity index (χ4v) is 3.78. The summed E-state index contributed by atoms with van der Waals surface area (Å²) in [6, 6.07) is 17.7. The largest absolute Gasteiger partial charge is 0.451 e. The van der Waals surface area contributed by atoms with E-state index in [9.17, 15) is 9.59 Å². The van der Waals surface area contributed by atoms with Crippen LogP contribution >= 0.6 is 11.3 Å². The molecule has 1 N–H and O–H groups in total. The zero-order chi connectivity index (χ0) is 19.3. The van der Waals surface area contributed by atoms with Crippen molar-refractivity contribution >= 4 is 34.0 Å². The second-order valence-corrected chi connectivity index (χ2v) is 7.24. The number of ether oxygens (including phenoxy) is 1. The lowest BCUT2D eigenvalue weighted by Crippen LogP contribution is -2.33. The molecule has 1 aliphatic rings. The molecule has 0 spiro atoms. The van der Waals surface area contributed by atoms with Crippen LogP contribution in [-0.4, -0.2) is 30.0 Å². The Labute approximate surface area is 166 Å². The molecule has 2 heterocycles. The summed E-state index contributed by atoms with van der Waals surface area (Å²) >= 11 is 1.33. The molecular formula is C21H19N3O3S. The average Bonchev–Trinajstić information content (AvgIpc) is 3.38. The second kappa shape index (κ2) is 8.22. The number of hydrogen-bond acceptors (Lipinski definition) is 6. The standard InChI is InChI=1S/C21H19N3O3S/c25-19(24-11-10-16-8-4-5-9-18(16)24)13-27-20(26)17-14-28-21(23-17)22-12-15-6-2-1-3-7-15/h1-9,14H,10-13H2,(H,22,23). The van der Waals surface area contributed by atoms with Crippen molar-refractivity contribution in [3.05, 3.63) is 76.8 Å². The van der Waals surface area contributed by atoms with Crippen LogP contribution in [0.5, 0.6) is 0 Å². The summed E-state index contributed by atoms with van der Waals surface area (Å²) in [6.07, 6.45) is 0.818. The Hall–Kier alpha value is -3.19. The molecule has 0 saturated heterocycles. The van der Waals surface area contributed by atoms with Gasteiger partial charge in [0.25, 0.3) is 5.91 Å². The number of carbonyl (C=O) groups is 2. The van der Waals surface area contributed by atoms with Crippen LogP contribution < -0.4 is 10.2 Å². The number of benzene rings is 2. The maximum atomic E-state index is 12.4. The highest BCUT2D eigenvalue weighted by Crippen LogP contribution is 2.27. The summed E-state index contributed by atoms with van der Waals surface area (Å²) < 4.78 is 5.18. The number of thiazole rings is 1. The van der Waals surface area contributed by atoms with Crippen molar-refractivity contribution < 1.29 is 14.3 Å². The van der Waals surface area contributed by atoms with E-state index >= 15 is 0 Å². The second-order valence-electron chi connectivity index (χ2n) is 6.38. The van der Waals surface area contributed by atoms with E-state index in [1.165, 1.54) is 11.3 Å². The van der Waals surface area contributed by atoms with Gasteiger partial charge in [0.2, 0.25) is 0 Å². The Morgan fingerprint density at radius 3 is 2.75 bits per heavy atom. The van der Waals surface area contributed by atoms with Gasteiger partial charge in [-0.05, 0) is 23.6 Å². The number of esters is 1. The summed E-state index contributed by atoms with van der Waals surface area (Å²) in [6.45, 7) is 0.938. The highest BCUT2D eigenvalue weighted by Gasteiger charge is 2.25. The van der Waals surface area contributed by atoms with E-state index in [2.05, 4.69) is 10.3 Å². The smallest absolute Gasteiger partial charge is 0.358 e. The number of nitrogens with one attached hydrogen (secondary N) is 1.